The molecule has 180 valence electrons. The van der Waals surface area contributed by atoms with Crippen molar-refractivity contribution >= 4 is 36.3 Å². The SMILES string of the molecule is NCCCCC(N)C(=O)NC(CS)C(=O)NC(CCCCN)C(=O)NC(CO)C(=O)O. The van der Waals surface area contributed by atoms with Crippen LogP contribution in [0.4, 0.5) is 0 Å². The number of thiol groups is 1. The first-order valence-corrected chi connectivity index (χ1v) is 10.9. The van der Waals surface area contributed by atoms with Crippen LogP contribution in [0.25, 0.3) is 0 Å². The summed E-state index contributed by atoms with van der Waals surface area (Å²) in [5, 5.41) is 25.3. The molecule has 0 aliphatic heterocycles. The Hall–Kier alpha value is -1.93. The van der Waals surface area contributed by atoms with Gasteiger partial charge in [0.05, 0.1) is 12.6 Å². The lowest BCUT2D eigenvalue weighted by molar-refractivity contribution is -0.143. The third kappa shape index (κ3) is 11.9. The van der Waals surface area contributed by atoms with Crippen molar-refractivity contribution in [2.75, 3.05) is 25.4 Å². The Morgan fingerprint density at radius 2 is 1.26 bits per heavy atom. The third-order valence-corrected chi connectivity index (χ3v) is 4.86. The van der Waals surface area contributed by atoms with Crippen molar-refractivity contribution in [3.63, 3.8) is 0 Å². The molecule has 12 nitrogen and oxygen atoms in total. The minimum Gasteiger partial charge on any atom is -0.480 e. The van der Waals surface area contributed by atoms with Crippen LogP contribution in [0.2, 0.25) is 0 Å². The van der Waals surface area contributed by atoms with Gasteiger partial charge in [-0.15, -0.1) is 0 Å². The maximum Gasteiger partial charge on any atom is 0.328 e. The number of carbonyl (C=O) groups excluding carboxylic acids is 3. The molecule has 0 aromatic heterocycles. The molecule has 0 aromatic rings. The number of carboxylic acid groups (broad SMARTS) is 1. The number of nitrogens with two attached hydrogens (primary N) is 3. The van der Waals surface area contributed by atoms with E-state index in [2.05, 4.69) is 28.6 Å². The third-order valence-electron chi connectivity index (χ3n) is 4.50. The Morgan fingerprint density at radius 1 is 0.774 bits per heavy atom. The predicted octanol–water partition coefficient (Wildman–Crippen LogP) is -2.97. The molecule has 0 fully saturated rings. The van der Waals surface area contributed by atoms with Crippen LogP contribution in [0.3, 0.4) is 0 Å². The van der Waals surface area contributed by atoms with E-state index in [1.54, 1.807) is 0 Å². The Balaban J connectivity index is 5.06. The molecule has 0 bridgehead atoms. The van der Waals surface area contributed by atoms with Gasteiger partial charge in [0.25, 0.3) is 0 Å². The van der Waals surface area contributed by atoms with E-state index in [-0.39, 0.29) is 12.2 Å². The number of rotatable bonds is 17. The van der Waals surface area contributed by atoms with Crippen molar-refractivity contribution in [3.8, 4) is 0 Å². The number of hydrogen-bond acceptors (Lipinski definition) is 9. The fourth-order valence-corrected chi connectivity index (χ4v) is 2.86. The van der Waals surface area contributed by atoms with Crippen LogP contribution >= 0.6 is 12.6 Å². The van der Waals surface area contributed by atoms with Gasteiger partial charge in [-0.25, -0.2) is 4.79 Å². The number of carbonyl (C=O) groups is 4. The molecular formula is C18H36N6O6S. The van der Waals surface area contributed by atoms with Crippen molar-refractivity contribution in [3.05, 3.63) is 0 Å². The maximum atomic E-state index is 12.6. The molecule has 4 unspecified atom stereocenters. The second-order valence-corrected chi connectivity index (χ2v) is 7.43. The zero-order chi connectivity index (χ0) is 23.8. The number of aliphatic carboxylic acids is 1. The van der Waals surface area contributed by atoms with Gasteiger partial charge in [-0.3, -0.25) is 14.4 Å². The van der Waals surface area contributed by atoms with Crippen LogP contribution in [-0.2, 0) is 19.2 Å². The van der Waals surface area contributed by atoms with Gasteiger partial charge in [0.1, 0.15) is 18.1 Å². The normalized spacial score (nSPS) is 14.7. The molecule has 0 aliphatic rings. The van der Waals surface area contributed by atoms with Crippen LogP contribution in [0, 0.1) is 0 Å². The molecule has 13 heteroatoms. The van der Waals surface area contributed by atoms with Crippen LogP contribution in [0.5, 0.6) is 0 Å². The molecule has 11 N–H and O–H groups in total. The first kappa shape index (κ1) is 29.1. The quantitative estimate of drug-likeness (QED) is 0.0790. The zero-order valence-corrected chi connectivity index (χ0v) is 18.5. The van der Waals surface area contributed by atoms with E-state index in [1.165, 1.54) is 0 Å². The average molecular weight is 465 g/mol. The highest BCUT2D eigenvalue weighted by atomic mass is 32.1. The van der Waals surface area contributed by atoms with Crippen LogP contribution in [0.1, 0.15) is 38.5 Å². The summed E-state index contributed by atoms with van der Waals surface area (Å²) < 4.78 is 0. The fraction of sp³-hybridized carbons (Fsp3) is 0.778. The Kier molecular flexibility index (Phi) is 15.7. The Morgan fingerprint density at radius 3 is 1.74 bits per heavy atom. The van der Waals surface area contributed by atoms with Gasteiger partial charge in [0.15, 0.2) is 0 Å². The zero-order valence-electron chi connectivity index (χ0n) is 17.6. The minimum absolute atomic E-state index is 0.0430. The lowest BCUT2D eigenvalue weighted by atomic mass is 10.1. The average Bonchev–Trinajstić information content (AvgIpc) is 2.74. The molecule has 3 amide bonds. The molecule has 4 atom stereocenters. The summed E-state index contributed by atoms with van der Waals surface area (Å²) in [5.41, 5.74) is 16.7. The van der Waals surface area contributed by atoms with Gasteiger partial charge in [0.2, 0.25) is 17.7 Å². The molecule has 0 spiro atoms. The summed E-state index contributed by atoms with van der Waals surface area (Å²) in [6, 6.07) is -4.45. The van der Waals surface area contributed by atoms with Crippen molar-refractivity contribution in [1.29, 1.82) is 0 Å². The van der Waals surface area contributed by atoms with E-state index in [0.29, 0.717) is 38.8 Å². The number of aliphatic hydroxyl groups excluding tert-OH is 1. The summed E-state index contributed by atoms with van der Waals surface area (Å²) in [4.78, 5) is 48.4. The van der Waals surface area contributed by atoms with E-state index in [9.17, 15) is 19.2 Å². The van der Waals surface area contributed by atoms with Crippen LogP contribution in [0.15, 0.2) is 0 Å². The second-order valence-electron chi connectivity index (χ2n) is 7.06. The monoisotopic (exact) mass is 464 g/mol. The van der Waals surface area contributed by atoms with E-state index in [1.807, 2.05) is 0 Å². The molecule has 0 saturated heterocycles. The lowest BCUT2D eigenvalue weighted by Crippen LogP contribution is -2.58. The molecule has 0 radical (unpaired) electrons. The topological polar surface area (TPSA) is 223 Å². The molecule has 0 aliphatic carbocycles. The number of aliphatic hydroxyl groups is 1. The van der Waals surface area contributed by atoms with Crippen LogP contribution in [-0.4, -0.2) is 83.5 Å². The number of carboxylic acids is 1. The molecule has 0 saturated carbocycles. The highest BCUT2D eigenvalue weighted by molar-refractivity contribution is 7.80. The summed E-state index contributed by atoms with van der Waals surface area (Å²) in [6.07, 6.45) is 3.08. The summed E-state index contributed by atoms with van der Waals surface area (Å²) >= 11 is 4.08. The molecule has 0 rings (SSSR count). The Bertz CT molecular complexity index is 582. The van der Waals surface area contributed by atoms with E-state index in [4.69, 9.17) is 27.4 Å². The van der Waals surface area contributed by atoms with Crippen LogP contribution < -0.4 is 33.2 Å². The molecular weight excluding hydrogens is 428 g/mol. The number of amides is 3. The minimum atomic E-state index is -1.51. The highest BCUT2D eigenvalue weighted by Gasteiger charge is 2.29. The molecule has 0 aromatic carbocycles. The molecule has 31 heavy (non-hydrogen) atoms. The van der Waals surface area contributed by atoms with E-state index < -0.39 is 54.5 Å². The number of unbranched alkanes of at least 4 members (excludes halogenated alkanes) is 2. The smallest absolute Gasteiger partial charge is 0.328 e. The van der Waals surface area contributed by atoms with Gasteiger partial charge in [-0.2, -0.15) is 12.6 Å². The second kappa shape index (κ2) is 16.7. The standard InChI is InChI=1S/C18H36N6O6S/c19-7-3-1-5-11(21)15(26)24-14(10-31)17(28)22-12(6-2-4-8-20)16(27)23-13(9-25)18(29)30/h11-14,25,31H,1-10,19-21H2,(H,22,28)(H,23,27)(H,24,26)(H,29,30). The van der Waals surface area contributed by atoms with Gasteiger partial charge >= 0.3 is 5.97 Å². The van der Waals surface area contributed by atoms with Crippen molar-refractivity contribution < 1.29 is 29.4 Å². The van der Waals surface area contributed by atoms with Gasteiger partial charge in [0, 0.05) is 5.75 Å². The Labute approximate surface area is 187 Å². The largest absolute Gasteiger partial charge is 0.480 e. The lowest BCUT2D eigenvalue weighted by Gasteiger charge is -2.24. The highest BCUT2D eigenvalue weighted by Crippen LogP contribution is 2.04. The van der Waals surface area contributed by atoms with Gasteiger partial charge < -0.3 is 43.4 Å². The van der Waals surface area contributed by atoms with Crippen molar-refractivity contribution in [1.82, 2.24) is 16.0 Å². The first-order valence-electron chi connectivity index (χ1n) is 10.2. The van der Waals surface area contributed by atoms with Gasteiger partial charge in [-0.05, 0) is 45.2 Å². The van der Waals surface area contributed by atoms with Gasteiger partial charge in [-0.1, -0.05) is 6.42 Å². The fourth-order valence-electron chi connectivity index (χ4n) is 2.60. The number of nitrogens with one attached hydrogen (secondary N) is 3. The molecule has 0 heterocycles. The van der Waals surface area contributed by atoms with E-state index >= 15 is 0 Å². The summed E-state index contributed by atoms with van der Waals surface area (Å²) in [5.74, 6) is -3.41. The predicted molar refractivity (Wildman–Crippen MR) is 118 cm³/mol. The van der Waals surface area contributed by atoms with Crippen molar-refractivity contribution in [2.24, 2.45) is 17.2 Å². The van der Waals surface area contributed by atoms with E-state index in [0.717, 1.165) is 6.42 Å². The maximum absolute atomic E-state index is 12.6. The summed E-state index contributed by atoms with van der Waals surface area (Å²) in [7, 11) is 0. The summed E-state index contributed by atoms with van der Waals surface area (Å²) in [6.45, 7) is 0.0680. The first-order chi connectivity index (χ1) is 14.7. The van der Waals surface area contributed by atoms with Crippen molar-refractivity contribution in [2.45, 2.75) is 62.7 Å². The number of hydrogen-bond donors (Lipinski definition) is 9.